The molecule has 0 N–H and O–H groups in total. The van der Waals surface area contributed by atoms with Crippen LogP contribution >= 0.6 is 22.6 Å². The predicted molar refractivity (Wildman–Crippen MR) is 93.4 cm³/mol. The molecule has 0 atom stereocenters. The van der Waals surface area contributed by atoms with Gasteiger partial charge in [-0.3, -0.25) is 0 Å². The molecule has 0 amide bonds. The lowest BCUT2D eigenvalue weighted by Crippen LogP contribution is -2.46. The molecule has 1 aliphatic rings. The molecule has 0 aromatic heterocycles. The van der Waals surface area contributed by atoms with Crippen LogP contribution in [0.5, 0.6) is 0 Å². The third-order valence-electron chi connectivity index (χ3n) is 4.48. The molecule has 1 aliphatic heterocycles. The van der Waals surface area contributed by atoms with Gasteiger partial charge in [-0.05, 0) is 22.7 Å². The minimum atomic E-state index is 1.10. The molecule has 0 aromatic carbocycles. The van der Waals surface area contributed by atoms with Crippen LogP contribution in [-0.4, -0.2) is 30.7 Å². The summed E-state index contributed by atoms with van der Waals surface area (Å²) in [4.78, 5) is 0. The van der Waals surface area contributed by atoms with Gasteiger partial charge in [0.05, 0.1) is 19.6 Å². The number of nitrogens with zero attached hydrogens (tertiary/aromatic N) is 1. The second-order valence-corrected chi connectivity index (χ2v) is 6.66. The predicted octanol–water partition coefficient (Wildman–Crippen LogP) is 5.13. The Bertz CT molecular complexity index is 271. The molecule has 0 bridgehead atoms. The second kappa shape index (κ2) is 11.0. The summed E-state index contributed by atoms with van der Waals surface area (Å²) in [6, 6.07) is 0. The highest BCUT2D eigenvalue weighted by Gasteiger charge is 2.30. The Morgan fingerprint density at radius 3 is 2.05 bits per heavy atom. The van der Waals surface area contributed by atoms with E-state index in [2.05, 4.69) is 39.4 Å². The van der Waals surface area contributed by atoms with Crippen LogP contribution in [0.4, 0.5) is 0 Å². The van der Waals surface area contributed by atoms with Gasteiger partial charge < -0.3 is 4.48 Å². The van der Waals surface area contributed by atoms with Crippen molar-refractivity contribution in [2.75, 3.05) is 26.2 Å². The average molecular weight is 376 g/mol. The molecular formula is C17H31IN+. The minimum absolute atomic E-state index is 1.10. The Balaban J connectivity index is 2.06. The van der Waals surface area contributed by atoms with Gasteiger partial charge in [0, 0.05) is 35.4 Å². The largest absolute Gasteiger partial charge is 0.313 e. The SMILES string of the molecule is CCCCCCCCCC[N+]1(CC#CI)CCCC1. The lowest BCUT2D eigenvalue weighted by molar-refractivity contribution is -0.910. The summed E-state index contributed by atoms with van der Waals surface area (Å²) in [5.41, 5.74) is 0. The van der Waals surface area contributed by atoms with Crippen molar-refractivity contribution in [1.29, 1.82) is 0 Å². The highest BCUT2D eigenvalue weighted by atomic mass is 127. The molecule has 1 fully saturated rings. The summed E-state index contributed by atoms with van der Waals surface area (Å²) in [6.45, 7) is 7.51. The van der Waals surface area contributed by atoms with Gasteiger partial charge in [0.25, 0.3) is 0 Å². The number of hydrogen-bond donors (Lipinski definition) is 0. The third kappa shape index (κ3) is 7.56. The Morgan fingerprint density at radius 1 is 0.895 bits per heavy atom. The molecule has 0 aromatic rings. The zero-order valence-corrected chi connectivity index (χ0v) is 14.9. The first-order valence-corrected chi connectivity index (χ1v) is 9.34. The van der Waals surface area contributed by atoms with E-state index < -0.39 is 0 Å². The summed E-state index contributed by atoms with van der Waals surface area (Å²) >= 11 is 2.18. The van der Waals surface area contributed by atoms with Crippen LogP contribution in [0.15, 0.2) is 0 Å². The monoisotopic (exact) mass is 376 g/mol. The first kappa shape index (κ1) is 17.3. The van der Waals surface area contributed by atoms with E-state index in [1.807, 2.05) is 0 Å². The maximum Gasteiger partial charge on any atom is 0.141 e. The highest BCUT2D eigenvalue weighted by Crippen LogP contribution is 2.20. The Hall–Kier alpha value is 0.250. The van der Waals surface area contributed by atoms with Crippen molar-refractivity contribution in [2.24, 2.45) is 0 Å². The molecule has 0 spiro atoms. The van der Waals surface area contributed by atoms with Gasteiger partial charge in [0.1, 0.15) is 6.54 Å². The van der Waals surface area contributed by atoms with E-state index in [-0.39, 0.29) is 0 Å². The molecule has 0 saturated carbocycles. The van der Waals surface area contributed by atoms with Gasteiger partial charge in [-0.15, -0.1) is 0 Å². The van der Waals surface area contributed by atoms with Crippen molar-refractivity contribution in [3.63, 3.8) is 0 Å². The van der Waals surface area contributed by atoms with Crippen LogP contribution in [0.1, 0.15) is 71.1 Å². The second-order valence-electron chi connectivity index (χ2n) is 6.12. The topological polar surface area (TPSA) is 0 Å². The van der Waals surface area contributed by atoms with Crippen molar-refractivity contribution < 1.29 is 4.48 Å². The Labute approximate surface area is 134 Å². The molecule has 1 heterocycles. The van der Waals surface area contributed by atoms with E-state index in [0.717, 1.165) is 6.54 Å². The summed E-state index contributed by atoms with van der Waals surface area (Å²) in [5.74, 6) is 3.32. The molecule has 110 valence electrons. The normalized spacial score (nSPS) is 17.2. The zero-order valence-electron chi connectivity index (χ0n) is 12.7. The summed E-state index contributed by atoms with van der Waals surface area (Å²) in [7, 11) is 0. The van der Waals surface area contributed by atoms with Crippen LogP contribution < -0.4 is 0 Å². The number of hydrogen-bond acceptors (Lipinski definition) is 0. The molecule has 1 saturated heterocycles. The van der Waals surface area contributed by atoms with Crippen molar-refractivity contribution >= 4 is 22.6 Å². The number of halogens is 1. The fourth-order valence-electron chi connectivity index (χ4n) is 3.25. The van der Waals surface area contributed by atoms with Crippen LogP contribution in [0.3, 0.4) is 0 Å². The van der Waals surface area contributed by atoms with Crippen LogP contribution in [-0.2, 0) is 0 Å². The maximum atomic E-state index is 3.32. The smallest absolute Gasteiger partial charge is 0.141 e. The third-order valence-corrected chi connectivity index (χ3v) is 4.86. The molecule has 0 radical (unpaired) electrons. The van der Waals surface area contributed by atoms with Gasteiger partial charge in [-0.1, -0.05) is 45.4 Å². The number of unbranched alkanes of at least 4 members (excludes halogenated alkanes) is 7. The number of quaternary nitrogens is 1. The van der Waals surface area contributed by atoms with Crippen LogP contribution in [0.25, 0.3) is 0 Å². The zero-order chi connectivity index (χ0) is 13.8. The molecule has 19 heavy (non-hydrogen) atoms. The molecule has 0 unspecified atom stereocenters. The summed E-state index contributed by atoms with van der Waals surface area (Å²) < 4.78 is 4.35. The van der Waals surface area contributed by atoms with Gasteiger partial charge in [0.2, 0.25) is 0 Å². The molecular weight excluding hydrogens is 345 g/mol. The Morgan fingerprint density at radius 2 is 1.47 bits per heavy atom. The molecule has 1 nitrogen and oxygen atoms in total. The van der Waals surface area contributed by atoms with Gasteiger partial charge >= 0.3 is 0 Å². The Kier molecular flexibility index (Phi) is 9.99. The van der Waals surface area contributed by atoms with Gasteiger partial charge in [-0.2, -0.15) is 0 Å². The van der Waals surface area contributed by atoms with E-state index in [1.54, 1.807) is 0 Å². The van der Waals surface area contributed by atoms with Gasteiger partial charge in [0.15, 0.2) is 0 Å². The van der Waals surface area contributed by atoms with Crippen molar-refractivity contribution in [1.82, 2.24) is 0 Å². The first-order chi connectivity index (χ1) is 9.33. The van der Waals surface area contributed by atoms with Crippen molar-refractivity contribution in [3.8, 4) is 9.85 Å². The van der Waals surface area contributed by atoms with E-state index in [9.17, 15) is 0 Å². The first-order valence-electron chi connectivity index (χ1n) is 8.26. The number of rotatable bonds is 10. The van der Waals surface area contributed by atoms with Crippen molar-refractivity contribution in [2.45, 2.75) is 71.1 Å². The fraction of sp³-hybridized carbons (Fsp3) is 0.882. The highest BCUT2D eigenvalue weighted by molar-refractivity contribution is 14.1. The lowest BCUT2D eigenvalue weighted by Gasteiger charge is -2.32. The van der Waals surface area contributed by atoms with Crippen LogP contribution in [0.2, 0.25) is 0 Å². The fourth-order valence-corrected chi connectivity index (χ4v) is 3.42. The van der Waals surface area contributed by atoms with Gasteiger partial charge in [-0.25, -0.2) is 0 Å². The molecule has 2 heteroatoms. The minimum Gasteiger partial charge on any atom is -0.313 e. The van der Waals surface area contributed by atoms with E-state index in [4.69, 9.17) is 0 Å². The van der Waals surface area contributed by atoms with E-state index >= 15 is 0 Å². The molecule has 1 rings (SSSR count). The van der Waals surface area contributed by atoms with E-state index in [0.29, 0.717) is 0 Å². The van der Waals surface area contributed by atoms with Crippen molar-refractivity contribution in [3.05, 3.63) is 0 Å². The standard InChI is InChI=1S/C17H31IN/c1-2-3-4-5-6-7-8-9-14-19(17-12-13-18)15-10-11-16-19/h2-11,14-17H2,1H3/q+1. The summed E-state index contributed by atoms with van der Waals surface area (Å²) in [6.07, 6.45) is 14.3. The van der Waals surface area contributed by atoms with Crippen LogP contribution in [0, 0.1) is 9.85 Å². The number of likely N-dealkylation sites (tertiary alicyclic amines) is 1. The van der Waals surface area contributed by atoms with E-state index in [1.165, 1.54) is 88.3 Å². The maximum absolute atomic E-state index is 3.32. The lowest BCUT2D eigenvalue weighted by atomic mass is 10.1. The average Bonchev–Trinajstić information content (AvgIpc) is 2.89. The quantitative estimate of drug-likeness (QED) is 0.215. The molecule has 0 aliphatic carbocycles. The summed E-state index contributed by atoms with van der Waals surface area (Å²) in [5, 5.41) is 0.